The molecule has 5 nitrogen and oxygen atoms in total. The average Bonchev–Trinajstić information content (AvgIpc) is 2.80. The van der Waals surface area contributed by atoms with Gasteiger partial charge in [-0.25, -0.2) is 0 Å². The van der Waals surface area contributed by atoms with Gasteiger partial charge in [-0.1, -0.05) is 24.3 Å². The second kappa shape index (κ2) is 9.99. The molecule has 1 saturated heterocycles. The van der Waals surface area contributed by atoms with Gasteiger partial charge in [-0.3, -0.25) is 14.6 Å². The summed E-state index contributed by atoms with van der Waals surface area (Å²) in [6, 6.07) is 20.0. The molecule has 0 aliphatic carbocycles. The van der Waals surface area contributed by atoms with Crippen molar-refractivity contribution in [1.82, 2.24) is 9.88 Å². The van der Waals surface area contributed by atoms with E-state index in [2.05, 4.69) is 48.6 Å². The molecule has 0 bridgehead atoms. The minimum absolute atomic E-state index is 0.0295. The Bertz CT molecular complexity index is 1150. The van der Waals surface area contributed by atoms with Crippen LogP contribution in [0.25, 0.3) is 0 Å². The van der Waals surface area contributed by atoms with Crippen LogP contribution in [0.5, 0.6) is 0 Å². The van der Waals surface area contributed by atoms with Gasteiger partial charge >= 0.3 is 0 Å². The zero-order valence-corrected chi connectivity index (χ0v) is 19.6. The predicted molar refractivity (Wildman–Crippen MR) is 132 cm³/mol. The number of rotatable bonds is 5. The SMILES string of the molecule is CC(=O)Nc1ccc(C(=O)N2CCCC(c3cc(Cc4ccccc4C)cc(C)n3)C2)cc1. The zero-order chi connectivity index (χ0) is 23.4. The maximum Gasteiger partial charge on any atom is 0.253 e. The van der Waals surface area contributed by atoms with Crippen molar-refractivity contribution in [2.45, 2.75) is 46.0 Å². The first-order valence-electron chi connectivity index (χ1n) is 11.6. The van der Waals surface area contributed by atoms with E-state index in [0.29, 0.717) is 17.8 Å². The highest BCUT2D eigenvalue weighted by atomic mass is 16.2. The molecule has 0 radical (unpaired) electrons. The number of anilines is 1. The second-order valence-corrected chi connectivity index (χ2v) is 8.99. The van der Waals surface area contributed by atoms with Crippen molar-refractivity contribution in [3.05, 3.63) is 94.3 Å². The molecule has 170 valence electrons. The number of benzene rings is 2. The van der Waals surface area contributed by atoms with Gasteiger partial charge in [-0.2, -0.15) is 0 Å². The molecule has 0 saturated carbocycles. The maximum absolute atomic E-state index is 13.1. The number of pyridine rings is 1. The molecule has 1 unspecified atom stereocenters. The molecule has 1 aliphatic rings. The van der Waals surface area contributed by atoms with Crippen LogP contribution in [0.2, 0.25) is 0 Å². The van der Waals surface area contributed by atoms with Gasteiger partial charge in [0, 0.05) is 48.6 Å². The van der Waals surface area contributed by atoms with E-state index >= 15 is 0 Å². The molecule has 2 heterocycles. The molecule has 0 spiro atoms. The number of hydrogen-bond donors (Lipinski definition) is 1. The van der Waals surface area contributed by atoms with Crippen LogP contribution in [0.15, 0.2) is 60.7 Å². The number of aryl methyl sites for hydroxylation is 2. The lowest BCUT2D eigenvalue weighted by atomic mass is 9.91. The molecular weight excluding hydrogens is 410 g/mol. The molecule has 1 atom stereocenters. The van der Waals surface area contributed by atoms with E-state index in [4.69, 9.17) is 4.98 Å². The minimum atomic E-state index is -0.125. The number of piperidine rings is 1. The van der Waals surface area contributed by atoms with E-state index in [0.717, 1.165) is 37.2 Å². The molecule has 1 aromatic heterocycles. The highest BCUT2D eigenvalue weighted by molar-refractivity contribution is 5.95. The number of amides is 2. The molecule has 1 fully saturated rings. The second-order valence-electron chi connectivity index (χ2n) is 8.99. The van der Waals surface area contributed by atoms with E-state index in [1.54, 1.807) is 24.3 Å². The molecule has 2 aromatic carbocycles. The summed E-state index contributed by atoms with van der Waals surface area (Å²) < 4.78 is 0. The van der Waals surface area contributed by atoms with Gasteiger partial charge < -0.3 is 10.2 Å². The van der Waals surface area contributed by atoms with Gasteiger partial charge in [0.15, 0.2) is 0 Å². The fourth-order valence-corrected chi connectivity index (χ4v) is 4.59. The summed E-state index contributed by atoms with van der Waals surface area (Å²) in [7, 11) is 0. The molecule has 1 N–H and O–H groups in total. The Kier molecular flexibility index (Phi) is 6.87. The van der Waals surface area contributed by atoms with Crippen molar-refractivity contribution in [2.75, 3.05) is 18.4 Å². The summed E-state index contributed by atoms with van der Waals surface area (Å²) in [5.41, 5.74) is 7.33. The smallest absolute Gasteiger partial charge is 0.253 e. The summed E-state index contributed by atoms with van der Waals surface area (Å²) >= 11 is 0. The van der Waals surface area contributed by atoms with Crippen molar-refractivity contribution in [2.24, 2.45) is 0 Å². The van der Waals surface area contributed by atoms with Crippen molar-refractivity contribution in [3.63, 3.8) is 0 Å². The largest absolute Gasteiger partial charge is 0.338 e. The Morgan fingerprint density at radius 1 is 1.06 bits per heavy atom. The van der Waals surface area contributed by atoms with Crippen LogP contribution < -0.4 is 5.32 Å². The molecule has 1 aliphatic heterocycles. The van der Waals surface area contributed by atoms with Crippen LogP contribution in [0.3, 0.4) is 0 Å². The van der Waals surface area contributed by atoms with Gasteiger partial charge in [0.25, 0.3) is 5.91 Å². The van der Waals surface area contributed by atoms with Crippen molar-refractivity contribution < 1.29 is 9.59 Å². The van der Waals surface area contributed by atoms with Gasteiger partial charge in [0.05, 0.1) is 0 Å². The van der Waals surface area contributed by atoms with Gasteiger partial charge in [-0.05, 0) is 86.2 Å². The van der Waals surface area contributed by atoms with Gasteiger partial charge in [-0.15, -0.1) is 0 Å². The van der Waals surface area contributed by atoms with Crippen LogP contribution in [0.4, 0.5) is 5.69 Å². The maximum atomic E-state index is 13.1. The highest BCUT2D eigenvalue weighted by Crippen LogP contribution is 2.28. The van der Waals surface area contributed by atoms with E-state index in [9.17, 15) is 9.59 Å². The van der Waals surface area contributed by atoms with Crippen molar-refractivity contribution in [3.8, 4) is 0 Å². The van der Waals surface area contributed by atoms with E-state index in [-0.39, 0.29) is 17.7 Å². The lowest BCUT2D eigenvalue weighted by molar-refractivity contribution is -0.114. The summed E-state index contributed by atoms with van der Waals surface area (Å²) in [5, 5.41) is 2.74. The van der Waals surface area contributed by atoms with Crippen molar-refractivity contribution in [1.29, 1.82) is 0 Å². The molecule has 3 aromatic rings. The number of hydrogen-bond acceptors (Lipinski definition) is 3. The van der Waals surface area contributed by atoms with E-state index in [1.165, 1.54) is 23.6 Å². The number of nitrogens with one attached hydrogen (secondary N) is 1. The number of carbonyl (C=O) groups excluding carboxylic acids is 2. The first-order valence-corrected chi connectivity index (χ1v) is 11.6. The quantitative estimate of drug-likeness (QED) is 0.587. The third kappa shape index (κ3) is 5.67. The third-order valence-corrected chi connectivity index (χ3v) is 6.27. The topological polar surface area (TPSA) is 62.3 Å². The zero-order valence-electron chi connectivity index (χ0n) is 19.6. The van der Waals surface area contributed by atoms with Crippen LogP contribution >= 0.6 is 0 Å². The molecule has 2 amide bonds. The molecule has 4 rings (SSSR count). The fraction of sp³-hybridized carbons (Fsp3) is 0.321. The normalized spacial score (nSPS) is 15.8. The summed E-state index contributed by atoms with van der Waals surface area (Å²) in [5.74, 6) is 0.138. The number of nitrogens with zero attached hydrogens (tertiary/aromatic N) is 2. The Hall–Kier alpha value is -3.47. The number of carbonyl (C=O) groups is 2. The third-order valence-electron chi connectivity index (χ3n) is 6.27. The van der Waals surface area contributed by atoms with Crippen LogP contribution in [-0.4, -0.2) is 34.8 Å². The Morgan fingerprint density at radius 3 is 2.55 bits per heavy atom. The van der Waals surface area contributed by atoms with Crippen molar-refractivity contribution >= 4 is 17.5 Å². The average molecular weight is 442 g/mol. The van der Waals surface area contributed by atoms with E-state index in [1.807, 2.05) is 11.8 Å². The first-order chi connectivity index (χ1) is 15.9. The summed E-state index contributed by atoms with van der Waals surface area (Å²) in [4.78, 5) is 31.2. The fourth-order valence-electron chi connectivity index (χ4n) is 4.59. The van der Waals surface area contributed by atoms with Crippen LogP contribution in [-0.2, 0) is 11.2 Å². The lowest BCUT2D eigenvalue weighted by Crippen LogP contribution is -2.39. The molecule has 33 heavy (non-hydrogen) atoms. The Morgan fingerprint density at radius 2 is 1.82 bits per heavy atom. The van der Waals surface area contributed by atoms with E-state index < -0.39 is 0 Å². The number of aromatic nitrogens is 1. The van der Waals surface area contributed by atoms with Crippen LogP contribution in [0.1, 0.15) is 64.1 Å². The monoisotopic (exact) mass is 441 g/mol. The van der Waals surface area contributed by atoms with Crippen LogP contribution in [0, 0.1) is 13.8 Å². The predicted octanol–water partition coefficient (Wildman–Crippen LogP) is 5.27. The highest BCUT2D eigenvalue weighted by Gasteiger charge is 2.26. The summed E-state index contributed by atoms with van der Waals surface area (Å²) in [6.07, 6.45) is 2.88. The molecule has 5 heteroatoms. The summed E-state index contributed by atoms with van der Waals surface area (Å²) in [6.45, 7) is 7.10. The Labute approximate surface area is 195 Å². The van der Waals surface area contributed by atoms with Gasteiger partial charge in [0.2, 0.25) is 5.91 Å². The standard InChI is InChI=1S/C28H31N3O2/c1-19-7-4-5-8-24(19)16-22-15-20(2)29-27(17-22)25-9-6-14-31(18-25)28(33)23-10-12-26(13-11-23)30-21(3)32/h4-5,7-8,10-13,15,17,25H,6,9,14,16,18H2,1-3H3,(H,30,32). The Balaban J connectivity index is 1.49. The lowest BCUT2D eigenvalue weighted by Gasteiger charge is -2.33. The number of likely N-dealkylation sites (tertiary alicyclic amines) is 1. The molecular formula is C28H31N3O2. The first kappa shape index (κ1) is 22.7. The minimum Gasteiger partial charge on any atom is -0.338 e. The van der Waals surface area contributed by atoms with Gasteiger partial charge in [0.1, 0.15) is 0 Å².